The van der Waals surface area contributed by atoms with E-state index in [4.69, 9.17) is 5.11 Å². The highest BCUT2D eigenvalue weighted by Crippen LogP contribution is 2.26. The molecule has 110 valence electrons. The third kappa shape index (κ3) is 3.59. The number of rotatable bonds is 4. The maximum Gasteiger partial charge on any atom is 0.326 e. The minimum Gasteiger partial charge on any atom is -0.480 e. The average molecular weight is 272 g/mol. The van der Waals surface area contributed by atoms with Gasteiger partial charge >= 0.3 is 12.0 Å². The molecule has 1 fully saturated rings. The molecule has 2 N–H and O–H groups in total. The maximum absolute atomic E-state index is 12.3. The van der Waals surface area contributed by atoms with Gasteiger partial charge < -0.3 is 20.0 Å². The van der Waals surface area contributed by atoms with Crippen LogP contribution < -0.4 is 0 Å². The van der Waals surface area contributed by atoms with E-state index in [1.54, 1.807) is 14.0 Å². The first kappa shape index (κ1) is 15.8. The molecule has 1 aliphatic heterocycles. The van der Waals surface area contributed by atoms with Gasteiger partial charge in [0, 0.05) is 13.6 Å². The highest BCUT2D eigenvalue weighted by molar-refractivity contribution is 5.83. The first-order valence-corrected chi connectivity index (χ1v) is 6.79. The summed E-state index contributed by atoms with van der Waals surface area (Å²) >= 11 is 0. The van der Waals surface area contributed by atoms with Crippen LogP contribution in [0.2, 0.25) is 0 Å². The minimum absolute atomic E-state index is 0.134. The Morgan fingerprint density at radius 1 is 1.47 bits per heavy atom. The van der Waals surface area contributed by atoms with E-state index in [2.05, 4.69) is 0 Å². The molecule has 1 saturated heterocycles. The van der Waals surface area contributed by atoms with Crippen LogP contribution >= 0.6 is 0 Å². The van der Waals surface area contributed by atoms with Gasteiger partial charge in [0.05, 0.1) is 12.6 Å². The van der Waals surface area contributed by atoms with Gasteiger partial charge in [-0.2, -0.15) is 0 Å². The SMILES string of the molecule is CCC1CCN(C(=O)N(C)C(C)CO)C(C(=O)O)C1. The number of likely N-dealkylation sites (N-methyl/N-ethyl adjacent to an activating group) is 1. The van der Waals surface area contributed by atoms with Gasteiger partial charge in [0.25, 0.3) is 0 Å². The summed E-state index contributed by atoms with van der Waals surface area (Å²) in [5.41, 5.74) is 0. The number of aliphatic hydroxyl groups is 1. The van der Waals surface area contributed by atoms with Crippen molar-refractivity contribution in [2.24, 2.45) is 5.92 Å². The van der Waals surface area contributed by atoms with E-state index in [0.29, 0.717) is 18.9 Å². The largest absolute Gasteiger partial charge is 0.480 e. The van der Waals surface area contributed by atoms with Gasteiger partial charge in [-0.05, 0) is 25.7 Å². The second-order valence-corrected chi connectivity index (χ2v) is 5.27. The summed E-state index contributed by atoms with van der Waals surface area (Å²) in [4.78, 5) is 26.4. The number of aliphatic carboxylic acids is 1. The number of hydrogen-bond donors (Lipinski definition) is 2. The molecule has 3 unspecified atom stereocenters. The molecule has 2 amide bonds. The van der Waals surface area contributed by atoms with Crippen molar-refractivity contribution >= 4 is 12.0 Å². The lowest BCUT2D eigenvalue weighted by Gasteiger charge is -2.39. The van der Waals surface area contributed by atoms with Gasteiger partial charge in [0.2, 0.25) is 0 Å². The zero-order valence-electron chi connectivity index (χ0n) is 11.9. The third-order valence-corrected chi connectivity index (χ3v) is 4.05. The second kappa shape index (κ2) is 6.75. The molecule has 6 nitrogen and oxygen atoms in total. The Hall–Kier alpha value is -1.30. The molecule has 1 heterocycles. The Balaban J connectivity index is 2.79. The van der Waals surface area contributed by atoms with Crippen molar-refractivity contribution in [2.75, 3.05) is 20.2 Å². The lowest BCUT2D eigenvalue weighted by molar-refractivity contribution is -0.144. The summed E-state index contributed by atoms with van der Waals surface area (Å²) in [6, 6.07) is -1.38. The highest BCUT2D eigenvalue weighted by atomic mass is 16.4. The minimum atomic E-state index is -0.948. The van der Waals surface area contributed by atoms with Crippen molar-refractivity contribution in [3.8, 4) is 0 Å². The van der Waals surface area contributed by atoms with E-state index < -0.39 is 12.0 Å². The van der Waals surface area contributed by atoms with E-state index in [-0.39, 0.29) is 18.7 Å². The van der Waals surface area contributed by atoms with Crippen molar-refractivity contribution in [1.82, 2.24) is 9.80 Å². The predicted molar refractivity (Wildman–Crippen MR) is 70.9 cm³/mol. The van der Waals surface area contributed by atoms with Crippen molar-refractivity contribution in [2.45, 2.75) is 45.2 Å². The predicted octanol–water partition coefficient (Wildman–Crippen LogP) is 0.994. The lowest BCUT2D eigenvalue weighted by atomic mass is 9.89. The normalized spacial score (nSPS) is 24.9. The molecule has 6 heteroatoms. The van der Waals surface area contributed by atoms with Crippen LogP contribution in [0.15, 0.2) is 0 Å². The molecule has 0 aliphatic carbocycles. The Morgan fingerprint density at radius 2 is 2.11 bits per heavy atom. The van der Waals surface area contributed by atoms with Crippen LogP contribution in [0.4, 0.5) is 4.79 Å². The average Bonchev–Trinajstić information content (AvgIpc) is 2.43. The van der Waals surface area contributed by atoms with Crippen LogP contribution in [0.3, 0.4) is 0 Å². The van der Waals surface area contributed by atoms with Crippen molar-refractivity contribution in [3.05, 3.63) is 0 Å². The topological polar surface area (TPSA) is 81.1 Å². The summed E-state index contributed by atoms with van der Waals surface area (Å²) in [5, 5.41) is 18.4. The molecule has 0 saturated carbocycles. The molecular formula is C13H24N2O4. The van der Waals surface area contributed by atoms with Crippen molar-refractivity contribution < 1.29 is 19.8 Å². The number of likely N-dealkylation sites (tertiary alicyclic amines) is 1. The first-order valence-electron chi connectivity index (χ1n) is 6.79. The zero-order valence-corrected chi connectivity index (χ0v) is 11.9. The number of carboxylic acids is 1. The molecule has 3 atom stereocenters. The molecule has 0 radical (unpaired) electrons. The van der Waals surface area contributed by atoms with Gasteiger partial charge in [0.15, 0.2) is 0 Å². The van der Waals surface area contributed by atoms with E-state index >= 15 is 0 Å². The summed E-state index contributed by atoms with van der Waals surface area (Å²) < 4.78 is 0. The fourth-order valence-corrected chi connectivity index (χ4v) is 2.39. The number of carbonyl (C=O) groups excluding carboxylic acids is 1. The number of amides is 2. The Morgan fingerprint density at radius 3 is 2.58 bits per heavy atom. The number of carboxylic acid groups (broad SMARTS) is 1. The molecule has 19 heavy (non-hydrogen) atoms. The number of urea groups is 1. The maximum atomic E-state index is 12.3. The fourth-order valence-electron chi connectivity index (χ4n) is 2.39. The first-order chi connectivity index (χ1) is 8.92. The van der Waals surface area contributed by atoms with Crippen LogP contribution in [-0.2, 0) is 4.79 Å². The quantitative estimate of drug-likeness (QED) is 0.800. The molecule has 0 spiro atoms. The van der Waals surface area contributed by atoms with Crippen LogP contribution in [-0.4, -0.2) is 64.3 Å². The monoisotopic (exact) mass is 272 g/mol. The zero-order chi connectivity index (χ0) is 14.6. The summed E-state index contributed by atoms with van der Waals surface area (Å²) in [6.45, 7) is 4.11. The van der Waals surface area contributed by atoms with Gasteiger partial charge in [-0.1, -0.05) is 13.3 Å². The lowest BCUT2D eigenvalue weighted by Crippen LogP contribution is -2.55. The smallest absolute Gasteiger partial charge is 0.326 e. The van der Waals surface area contributed by atoms with Crippen LogP contribution in [0, 0.1) is 5.92 Å². The number of nitrogens with zero attached hydrogens (tertiary/aromatic N) is 2. The Labute approximate surface area is 114 Å². The molecule has 0 aromatic rings. The van der Waals surface area contributed by atoms with Gasteiger partial charge in [-0.25, -0.2) is 9.59 Å². The molecule has 1 aliphatic rings. The number of hydrogen-bond acceptors (Lipinski definition) is 3. The van der Waals surface area contributed by atoms with Crippen LogP contribution in [0.5, 0.6) is 0 Å². The number of aliphatic hydroxyl groups excluding tert-OH is 1. The highest BCUT2D eigenvalue weighted by Gasteiger charge is 2.37. The Kier molecular flexibility index (Phi) is 5.60. The summed E-state index contributed by atoms with van der Waals surface area (Å²) in [5.74, 6) is -0.581. The molecule has 0 aromatic carbocycles. The molecule has 0 aromatic heterocycles. The van der Waals surface area contributed by atoms with E-state index in [1.165, 1.54) is 9.80 Å². The Bertz CT molecular complexity index is 335. The van der Waals surface area contributed by atoms with Crippen molar-refractivity contribution in [3.63, 3.8) is 0 Å². The van der Waals surface area contributed by atoms with Gasteiger partial charge in [-0.15, -0.1) is 0 Å². The van der Waals surface area contributed by atoms with E-state index in [1.807, 2.05) is 6.92 Å². The molecule has 0 bridgehead atoms. The number of carbonyl (C=O) groups is 2. The third-order valence-electron chi connectivity index (χ3n) is 4.05. The van der Waals surface area contributed by atoms with Gasteiger partial charge in [0.1, 0.15) is 6.04 Å². The summed E-state index contributed by atoms with van der Waals surface area (Å²) in [7, 11) is 1.59. The number of piperidine rings is 1. The summed E-state index contributed by atoms with van der Waals surface area (Å²) in [6.07, 6.45) is 2.29. The standard InChI is InChI=1S/C13H24N2O4/c1-4-10-5-6-15(11(7-10)12(17)18)13(19)14(3)9(2)8-16/h9-11,16H,4-8H2,1-3H3,(H,17,18). The van der Waals surface area contributed by atoms with Crippen LogP contribution in [0.1, 0.15) is 33.1 Å². The van der Waals surface area contributed by atoms with E-state index in [0.717, 1.165) is 12.8 Å². The van der Waals surface area contributed by atoms with Crippen molar-refractivity contribution in [1.29, 1.82) is 0 Å². The molecular weight excluding hydrogens is 248 g/mol. The van der Waals surface area contributed by atoms with Gasteiger partial charge in [-0.3, -0.25) is 0 Å². The van der Waals surface area contributed by atoms with Crippen LogP contribution in [0.25, 0.3) is 0 Å². The van der Waals surface area contributed by atoms with E-state index in [9.17, 15) is 14.7 Å². The fraction of sp³-hybridized carbons (Fsp3) is 0.846. The molecule has 1 rings (SSSR count). The second-order valence-electron chi connectivity index (χ2n) is 5.27.